The predicted molar refractivity (Wildman–Crippen MR) is 62.4 cm³/mol. The Labute approximate surface area is 106 Å². The van der Waals surface area contributed by atoms with Gasteiger partial charge in [-0.15, -0.1) is 0 Å². The van der Waals surface area contributed by atoms with Gasteiger partial charge in [0, 0.05) is 6.42 Å². The predicted octanol–water partition coefficient (Wildman–Crippen LogP) is 1.17. The van der Waals surface area contributed by atoms with E-state index >= 15 is 0 Å². The molecular weight excluding hydrogens is 242 g/mol. The SMILES string of the molecule is CCOC(=O)C(CC(C)C)(C(=O)OCC)[N+](=O)[O-]. The highest BCUT2D eigenvalue weighted by Gasteiger charge is 2.61. The number of rotatable bonds is 7. The van der Waals surface area contributed by atoms with Gasteiger partial charge in [-0.3, -0.25) is 10.1 Å². The zero-order chi connectivity index (χ0) is 14.3. The Morgan fingerprint density at radius 2 is 1.56 bits per heavy atom. The van der Waals surface area contributed by atoms with E-state index in [1.807, 2.05) is 0 Å². The van der Waals surface area contributed by atoms with Crippen LogP contribution in [0, 0.1) is 16.0 Å². The molecule has 0 N–H and O–H groups in total. The lowest BCUT2D eigenvalue weighted by Crippen LogP contribution is -2.56. The van der Waals surface area contributed by atoms with E-state index in [-0.39, 0.29) is 25.6 Å². The second-order valence-corrected chi connectivity index (χ2v) is 4.16. The van der Waals surface area contributed by atoms with E-state index in [4.69, 9.17) is 0 Å². The molecule has 7 heteroatoms. The number of ether oxygens (including phenoxy) is 2. The number of nitrogens with zero attached hydrogens (tertiary/aromatic N) is 1. The molecule has 0 rings (SSSR count). The smallest absolute Gasteiger partial charge is 0.410 e. The van der Waals surface area contributed by atoms with Gasteiger partial charge in [0.15, 0.2) is 0 Å². The number of nitro groups is 1. The minimum atomic E-state index is -2.46. The Bertz CT molecular complexity index is 307. The van der Waals surface area contributed by atoms with E-state index in [1.165, 1.54) is 13.8 Å². The van der Waals surface area contributed by atoms with Gasteiger partial charge in [0.25, 0.3) is 0 Å². The van der Waals surface area contributed by atoms with Gasteiger partial charge in [0.1, 0.15) is 0 Å². The number of carbonyl (C=O) groups is 2. The lowest BCUT2D eigenvalue weighted by molar-refractivity contribution is -0.544. The third-order valence-electron chi connectivity index (χ3n) is 2.24. The molecule has 0 heterocycles. The lowest BCUT2D eigenvalue weighted by atomic mass is 9.89. The summed E-state index contributed by atoms with van der Waals surface area (Å²) in [6, 6.07) is 0. The maximum atomic E-state index is 11.8. The summed E-state index contributed by atoms with van der Waals surface area (Å²) in [5, 5.41) is 11.2. The molecule has 0 saturated carbocycles. The van der Waals surface area contributed by atoms with E-state index in [0.717, 1.165) is 0 Å². The zero-order valence-corrected chi connectivity index (χ0v) is 11.1. The second-order valence-electron chi connectivity index (χ2n) is 4.16. The molecule has 0 aromatic rings. The average Bonchev–Trinajstić information content (AvgIpc) is 2.25. The normalized spacial score (nSPS) is 11.2. The first kappa shape index (κ1) is 16.3. The lowest BCUT2D eigenvalue weighted by Gasteiger charge is -2.22. The molecule has 0 bridgehead atoms. The highest BCUT2D eigenvalue weighted by molar-refractivity contribution is 6.03. The summed E-state index contributed by atoms with van der Waals surface area (Å²) in [5.41, 5.74) is -2.46. The van der Waals surface area contributed by atoms with Crippen LogP contribution in [0.15, 0.2) is 0 Å². The van der Waals surface area contributed by atoms with Crippen LogP contribution in [0.25, 0.3) is 0 Å². The molecule has 0 saturated heterocycles. The number of carbonyl (C=O) groups excluding carboxylic acids is 2. The molecule has 0 spiro atoms. The number of esters is 2. The van der Waals surface area contributed by atoms with Crippen molar-refractivity contribution in [2.24, 2.45) is 5.92 Å². The fourth-order valence-corrected chi connectivity index (χ4v) is 1.57. The van der Waals surface area contributed by atoms with Crippen LogP contribution in [0.2, 0.25) is 0 Å². The van der Waals surface area contributed by atoms with Crippen molar-refractivity contribution in [1.82, 2.24) is 0 Å². The maximum absolute atomic E-state index is 11.8. The Balaban J connectivity index is 5.49. The van der Waals surface area contributed by atoms with Crippen LogP contribution in [-0.4, -0.2) is 35.6 Å². The van der Waals surface area contributed by atoms with Crippen molar-refractivity contribution in [3.63, 3.8) is 0 Å². The minimum Gasteiger partial charge on any atom is -0.460 e. The first-order valence-electron chi connectivity index (χ1n) is 5.81. The molecule has 0 fully saturated rings. The summed E-state index contributed by atoms with van der Waals surface area (Å²) in [5.74, 6) is -2.56. The molecule has 18 heavy (non-hydrogen) atoms. The molecule has 0 aromatic heterocycles. The Morgan fingerprint density at radius 3 is 1.78 bits per heavy atom. The molecular formula is C11H19NO6. The Morgan fingerprint density at radius 1 is 1.17 bits per heavy atom. The van der Waals surface area contributed by atoms with E-state index in [0.29, 0.717) is 0 Å². The monoisotopic (exact) mass is 261 g/mol. The third-order valence-corrected chi connectivity index (χ3v) is 2.24. The second kappa shape index (κ2) is 6.93. The Hall–Kier alpha value is -1.66. The van der Waals surface area contributed by atoms with Gasteiger partial charge < -0.3 is 9.47 Å². The van der Waals surface area contributed by atoms with E-state index < -0.39 is 22.4 Å². The third kappa shape index (κ3) is 3.41. The first-order valence-corrected chi connectivity index (χ1v) is 5.81. The van der Waals surface area contributed by atoms with Crippen LogP contribution in [0.5, 0.6) is 0 Å². The van der Waals surface area contributed by atoms with Crippen LogP contribution < -0.4 is 0 Å². The molecule has 0 aliphatic carbocycles. The van der Waals surface area contributed by atoms with Crippen molar-refractivity contribution in [2.75, 3.05) is 13.2 Å². The molecule has 7 nitrogen and oxygen atoms in total. The number of hydrogen-bond donors (Lipinski definition) is 0. The van der Waals surface area contributed by atoms with Crippen LogP contribution >= 0.6 is 0 Å². The maximum Gasteiger partial charge on any atom is 0.410 e. The van der Waals surface area contributed by atoms with Crippen molar-refractivity contribution >= 4 is 11.9 Å². The van der Waals surface area contributed by atoms with Gasteiger partial charge in [0.05, 0.1) is 18.1 Å². The van der Waals surface area contributed by atoms with Gasteiger partial charge in [-0.2, -0.15) is 0 Å². The molecule has 0 aliphatic heterocycles. The standard InChI is InChI=1S/C11H19NO6/c1-5-17-9(13)11(12(15)16,7-8(3)4)10(14)18-6-2/h8H,5-7H2,1-4H3. The largest absolute Gasteiger partial charge is 0.460 e. The van der Waals surface area contributed by atoms with Crippen molar-refractivity contribution in [3.05, 3.63) is 10.1 Å². The summed E-state index contributed by atoms with van der Waals surface area (Å²) in [6.07, 6.45) is -0.252. The topological polar surface area (TPSA) is 95.7 Å². The van der Waals surface area contributed by atoms with E-state index in [1.54, 1.807) is 13.8 Å². The Kier molecular flexibility index (Phi) is 6.29. The first-order chi connectivity index (χ1) is 8.32. The van der Waals surface area contributed by atoms with Crippen LogP contribution in [0.3, 0.4) is 0 Å². The molecule has 0 aliphatic rings. The average molecular weight is 261 g/mol. The van der Waals surface area contributed by atoms with Crippen LogP contribution in [0.4, 0.5) is 0 Å². The summed E-state index contributed by atoms with van der Waals surface area (Å²) in [6.45, 7) is 6.32. The van der Waals surface area contributed by atoms with Crippen molar-refractivity contribution in [3.8, 4) is 0 Å². The van der Waals surface area contributed by atoms with Crippen molar-refractivity contribution < 1.29 is 24.0 Å². The summed E-state index contributed by atoms with van der Waals surface area (Å²) < 4.78 is 9.31. The molecule has 0 radical (unpaired) electrons. The van der Waals surface area contributed by atoms with Crippen molar-refractivity contribution in [1.29, 1.82) is 0 Å². The quantitative estimate of drug-likeness (QED) is 0.295. The van der Waals surface area contributed by atoms with Gasteiger partial charge in [-0.1, -0.05) is 13.8 Å². The van der Waals surface area contributed by atoms with Gasteiger partial charge in [0.2, 0.25) is 0 Å². The summed E-state index contributed by atoms with van der Waals surface area (Å²) >= 11 is 0. The summed E-state index contributed by atoms with van der Waals surface area (Å²) in [4.78, 5) is 33.9. The molecule has 0 atom stereocenters. The van der Waals surface area contributed by atoms with E-state index in [2.05, 4.69) is 9.47 Å². The van der Waals surface area contributed by atoms with Crippen molar-refractivity contribution in [2.45, 2.75) is 39.7 Å². The fraction of sp³-hybridized carbons (Fsp3) is 0.818. The molecule has 0 amide bonds. The molecule has 104 valence electrons. The van der Waals surface area contributed by atoms with Gasteiger partial charge >= 0.3 is 17.5 Å². The molecule has 0 aromatic carbocycles. The van der Waals surface area contributed by atoms with Crippen LogP contribution in [-0.2, 0) is 19.1 Å². The van der Waals surface area contributed by atoms with E-state index in [9.17, 15) is 19.7 Å². The fourth-order valence-electron chi connectivity index (χ4n) is 1.57. The van der Waals surface area contributed by atoms with Crippen LogP contribution in [0.1, 0.15) is 34.1 Å². The number of hydrogen-bond acceptors (Lipinski definition) is 6. The minimum absolute atomic E-state index is 0.0358. The highest BCUT2D eigenvalue weighted by Crippen LogP contribution is 2.24. The van der Waals surface area contributed by atoms with Gasteiger partial charge in [-0.25, -0.2) is 9.59 Å². The zero-order valence-electron chi connectivity index (χ0n) is 11.1. The van der Waals surface area contributed by atoms with Gasteiger partial charge in [-0.05, 0) is 19.8 Å². The summed E-state index contributed by atoms with van der Waals surface area (Å²) in [7, 11) is 0. The molecule has 0 unspecified atom stereocenters. The highest BCUT2D eigenvalue weighted by atomic mass is 16.7.